The van der Waals surface area contributed by atoms with Crippen molar-refractivity contribution in [1.82, 2.24) is 15.5 Å². The van der Waals surface area contributed by atoms with E-state index >= 15 is 0 Å². The van der Waals surface area contributed by atoms with Gasteiger partial charge in [-0.2, -0.15) is 0 Å². The average molecular weight is 279 g/mol. The normalized spacial score (nSPS) is 18.3. The monoisotopic (exact) mass is 279 g/mol. The Morgan fingerprint density at radius 3 is 2.45 bits per heavy atom. The highest BCUT2D eigenvalue weighted by Crippen LogP contribution is 2.44. The van der Waals surface area contributed by atoms with Crippen molar-refractivity contribution in [1.29, 1.82) is 0 Å². The standard InChI is InChI=1S/C16H29N3O/c1-12(2)11-16(8-5-6-9-16)15-19-18-14(20-15)7-10-17-13(3)4/h12-13,17H,5-11H2,1-4H3. The van der Waals surface area contributed by atoms with Crippen LogP contribution in [-0.2, 0) is 11.8 Å². The molecule has 0 amide bonds. The van der Waals surface area contributed by atoms with Gasteiger partial charge in [-0.25, -0.2) is 0 Å². The van der Waals surface area contributed by atoms with E-state index in [9.17, 15) is 0 Å². The van der Waals surface area contributed by atoms with Crippen molar-refractivity contribution in [2.24, 2.45) is 5.92 Å². The van der Waals surface area contributed by atoms with Gasteiger partial charge in [0, 0.05) is 24.4 Å². The van der Waals surface area contributed by atoms with Gasteiger partial charge in [-0.05, 0) is 25.2 Å². The van der Waals surface area contributed by atoms with E-state index in [0.717, 1.165) is 24.7 Å². The second-order valence-corrected chi connectivity index (χ2v) is 6.95. The van der Waals surface area contributed by atoms with Crippen LogP contribution in [0, 0.1) is 5.92 Å². The largest absolute Gasteiger partial charge is 0.425 e. The summed E-state index contributed by atoms with van der Waals surface area (Å²) in [4.78, 5) is 0. The fraction of sp³-hybridized carbons (Fsp3) is 0.875. The van der Waals surface area contributed by atoms with E-state index in [1.54, 1.807) is 0 Å². The lowest BCUT2D eigenvalue weighted by atomic mass is 9.78. The van der Waals surface area contributed by atoms with E-state index in [-0.39, 0.29) is 5.41 Å². The number of aromatic nitrogens is 2. The number of hydrogen-bond donors (Lipinski definition) is 1. The van der Waals surface area contributed by atoms with Gasteiger partial charge in [0.25, 0.3) is 0 Å². The van der Waals surface area contributed by atoms with Gasteiger partial charge in [0.05, 0.1) is 0 Å². The molecule has 1 N–H and O–H groups in total. The molecule has 1 aliphatic rings. The Balaban J connectivity index is 2.01. The highest BCUT2D eigenvalue weighted by molar-refractivity contribution is 5.07. The lowest BCUT2D eigenvalue weighted by molar-refractivity contribution is 0.267. The SMILES string of the molecule is CC(C)CC1(c2nnc(CCNC(C)C)o2)CCCC1. The van der Waals surface area contributed by atoms with Gasteiger partial charge in [-0.3, -0.25) is 0 Å². The zero-order valence-electron chi connectivity index (χ0n) is 13.4. The average Bonchev–Trinajstić information content (AvgIpc) is 2.97. The summed E-state index contributed by atoms with van der Waals surface area (Å²) >= 11 is 0. The molecule has 0 radical (unpaired) electrons. The minimum Gasteiger partial charge on any atom is -0.425 e. The van der Waals surface area contributed by atoms with Crippen LogP contribution in [-0.4, -0.2) is 22.8 Å². The number of nitrogens with one attached hydrogen (secondary N) is 1. The third kappa shape index (κ3) is 3.81. The van der Waals surface area contributed by atoms with Gasteiger partial charge in [0.1, 0.15) is 0 Å². The molecule has 4 heteroatoms. The summed E-state index contributed by atoms with van der Waals surface area (Å²) in [5, 5.41) is 12.0. The van der Waals surface area contributed by atoms with Crippen LogP contribution < -0.4 is 5.32 Å². The van der Waals surface area contributed by atoms with E-state index in [0.29, 0.717) is 12.0 Å². The summed E-state index contributed by atoms with van der Waals surface area (Å²) in [6.45, 7) is 9.76. The molecule has 1 aromatic heterocycles. The van der Waals surface area contributed by atoms with E-state index < -0.39 is 0 Å². The summed E-state index contributed by atoms with van der Waals surface area (Å²) in [6.07, 6.45) is 6.98. The molecule has 4 nitrogen and oxygen atoms in total. The summed E-state index contributed by atoms with van der Waals surface area (Å²) in [6, 6.07) is 0.500. The highest BCUT2D eigenvalue weighted by atomic mass is 16.4. The first-order valence-electron chi connectivity index (χ1n) is 8.08. The first-order valence-corrected chi connectivity index (χ1v) is 8.08. The Morgan fingerprint density at radius 2 is 1.85 bits per heavy atom. The molecule has 1 saturated carbocycles. The van der Waals surface area contributed by atoms with Crippen LogP contribution >= 0.6 is 0 Å². The zero-order valence-corrected chi connectivity index (χ0v) is 13.4. The Hall–Kier alpha value is -0.900. The predicted octanol–water partition coefficient (Wildman–Crippen LogP) is 3.47. The molecule has 0 aliphatic heterocycles. The minimum absolute atomic E-state index is 0.158. The number of rotatable bonds is 7. The first kappa shape index (κ1) is 15.5. The first-order chi connectivity index (χ1) is 9.52. The van der Waals surface area contributed by atoms with Crippen LogP contribution in [0.1, 0.15) is 71.6 Å². The number of nitrogens with zero attached hydrogens (tertiary/aromatic N) is 2. The molecule has 1 aliphatic carbocycles. The highest BCUT2D eigenvalue weighted by Gasteiger charge is 2.40. The molecule has 1 aromatic rings. The van der Waals surface area contributed by atoms with Gasteiger partial charge in [0.15, 0.2) is 0 Å². The van der Waals surface area contributed by atoms with Crippen LogP contribution in [0.15, 0.2) is 4.42 Å². The van der Waals surface area contributed by atoms with E-state index in [1.165, 1.54) is 32.1 Å². The zero-order chi connectivity index (χ0) is 14.6. The fourth-order valence-corrected chi connectivity index (χ4v) is 3.38. The molecule has 1 fully saturated rings. The number of hydrogen-bond acceptors (Lipinski definition) is 4. The quantitative estimate of drug-likeness (QED) is 0.830. The van der Waals surface area contributed by atoms with Crippen LogP contribution in [0.5, 0.6) is 0 Å². The van der Waals surface area contributed by atoms with Gasteiger partial charge >= 0.3 is 0 Å². The van der Waals surface area contributed by atoms with Crippen LogP contribution in [0.4, 0.5) is 0 Å². The van der Waals surface area contributed by atoms with E-state index in [2.05, 4.69) is 43.2 Å². The van der Waals surface area contributed by atoms with E-state index in [1.807, 2.05) is 0 Å². The molecule has 114 valence electrons. The molecule has 0 aromatic carbocycles. The topological polar surface area (TPSA) is 51.0 Å². The van der Waals surface area contributed by atoms with Crippen molar-refractivity contribution in [3.63, 3.8) is 0 Å². The van der Waals surface area contributed by atoms with Crippen LogP contribution in [0.2, 0.25) is 0 Å². The van der Waals surface area contributed by atoms with Crippen molar-refractivity contribution >= 4 is 0 Å². The third-order valence-electron chi connectivity index (χ3n) is 4.17. The van der Waals surface area contributed by atoms with Crippen molar-refractivity contribution in [2.45, 2.75) is 77.7 Å². The minimum atomic E-state index is 0.158. The summed E-state index contributed by atoms with van der Waals surface area (Å²) < 4.78 is 5.99. The van der Waals surface area contributed by atoms with Gasteiger partial charge < -0.3 is 9.73 Å². The molecule has 0 saturated heterocycles. The maximum Gasteiger partial charge on any atom is 0.222 e. The lowest BCUT2D eigenvalue weighted by Crippen LogP contribution is -2.25. The molecule has 0 atom stereocenters. The van der Waals surface area contributed by atoms with Crippen LogP contribution in [0.25, 0.3) is 0 Å². The second kappa shape index (κ2) is 6.70. The Morgan fingerprint density at radius 1 is 1.15 bits per heavy atom. The summed E-state index contributed by atoms with van der Waals surface area (Å²) in [5.41, 5.74) is 0.158. The molecule has 2 rings (SSSR count). The van der Waals surface area contributed by atoms with Crippen molar-refractivity contribution < 1.29 is 4.42 Å². The van der Waals surface area contributed by atoms with E-state index in [4.69, 9.17) is 4.42 Å². The van der Waals surface area contributed by atoms with Crippen molar-refractivity contribution in [3.8, 4) is 0 Å². The molecular formula is C16H29N3O. The fourth-order valence-electron chi connectivity index (χ4n) is 3.38. The Labute approximate surface area is 122 Å². The Kier molecular flexibility index (Phi) is 5.19. The molecule has 20 heavy (non-hydrogen) atoms. The maximum atomic E-state index is 5.99. The molecule has 0 bridgehead atoms. The molecule has 0 spiro atoms. The molecular weight excluding hydrogens is 250 g/mol. The van der Waals surface area contributed by atoms with Gasteiger partial charge in [0.2, 0.25) is 11.8 Å². The summed E-state index contributed by atoms with van der Waals surface area (Å²) in [5.74, 6) is 2.34. The molecule has 1 heterocycles. The predicted molar refractivity (Wildman–Crippen MR) is 80.7 cm³/mol. The van der Waals surface area contributed by atoms with Gasteiger partial charge in [-0.1, -0.05) is 40.5 Å². The second-order valence-electron chi connectivity index (χ2n) is 6.95. The maximum absolute atomic E-state index is 5.99. The van der Waals surface area contributed by atoms with Crippen LogP contribution in [0.3, 0.4) is 0 Å². The van der Waals surface area contributed by atoms with Gasteiger partial charge in [-0.15, -0.1) is 10.2 Å². The smallest absolute Gasteiger partial charge is 0.222 e. The van der Waals surface area contributed by atoms with Crippen molar-refractivity contribution in [2.75, 3.05) is 6.54 Å². The molecule has 0 unspecified atom stereocenters. The Bertz CT molecular complexity index is 406. The van der Waals surface area contributed by atoms with Crippen molar-refractivity contribution in [3.05, 3.63) is 11.8 Å². The third-order valence-corrected chi connectivity index (χ3v) is 4.17. The summed E-state index contributed by atoms with van der Waals surface area (Å²) in [7, 11) is 0. The lowest BCUT2D eigenvalue weighted by Gasteiger charge is -2.26.